The van der Waals surface area contributed by atoms with Crippen LogP contribution in [0.3, 0.4) is 0 Å². The highest BCUT2D eigenvalue weighted by molar-refractivity contribution is 6.03. The van der Waals surface area contributed by atoms with Gasteiger partial charge in [0, 0.05) is 38.5 Å². The van der Waals surface area contributed by atoms with Gasteiger partial charge in [-0.2, -0.15) is 0 Å². The molecular formula is C28H37ClN2O. The summed E-state index contributed by atoms with van der Waals surface area (Å²) in [5, 5.41) is 8.24. The Balaban J connectivity index is 0.000000648. The van der Waals surface area contributed by atoms with Crippen LogP contribution in [-0.4, -0.2) is 50.2 Å². The number of nitrogens with zero attached hydrogens (tertiary/aromatic N) is 2. The van der Waals surface area contributed by atoms with Gasteiger partial charge in [0.15, 0.2) is 5.71 Å². The van der Waals surface area contributed by atoms with Gasteiger partial charge in [0.1, 0.15) is 14.1 Å². The summed E-state index contributed by atoms with van der Waals surface area (Å²) in [6.45, 7) is 4.52. The molecule has 0 aliphatic heterocycles. The molecule has 1 aliphatic carbocycles. The van der Waals surface area contributed by atoms with E-state index in [1.807, 2.05) is 0 Å². The van der Waals surface area contributed by atoms with Gasteiger partial charge in [0.25, 0.3) is 0 Å². The van der Waals surface area contributed by atoms with E-state index in [0.717, 1.165) is 6.42 Å². The molecule has 0 heterocycles. The summed E-state index contributed by atoms with van der Waals surface area (Å²) >= 11 is 0. The van der Waals surface area contributed by atoms with E-state index < -0.39 is 0 Å². The first-order valence-electron chi connectivity index (χ1n) is 10.9. The van der Waals surface area contributed by atoms with Crippen molar-refractivity contribution in [3.05, 3.63) is 95.6 Å². The molecular weight excluding hydrogens is 416 g/mol. The Morgan fingerprint density at radius 2 is 1.38 bits per heavy atom. The van der Waals surface area contributed by atoms with Crippen molar-refractivity contribution < 1.29 is 22.1 Å². The van der Waals surface area contributed by atoms with E-state index in [1.54, 1.807) is 0 Å². The zero-order valence-electron chi connectivity index (χ0n) is 20.2. The molecule has 0 unspecified atom stereocenters. The fraction of sp³-hybridized carbons (Fsp3) is 0.321. The SMILES string of the molecule is CC(C)CCO.CN(C)c1ccc(C(=C2C=CC(=[N+](C)C)C=C2)c2ccccc2)cc1.[Cl-]. The van der Waals surface area contributed by atoms with Crippen LogP contribution in [0.15, 0.2) is 84.5 Å². The van der Waals surface area contributed by atoms with Crippen molar-refractivity contribution in [1.82, 2.24) is 0 Å². The molecule has 0 saturated heterocycles. The van der Waals surface area contributed by atoms with Crippen LogP contribution in [0.4, 0.5) is 5.69 Å². The predicted molar refractivity (Wildman–Crippen MR) is 135 cm³/mol. The molecule has 4 heteroatoms. The second kappa shape index (κ2) is 13.7. The Hall–Kier alpha value is -2.62. The van der Waals surface area contributed by atoms with E-state index in [9.17, 15) is 0 Å². The average molecular weight is 453 g/mol. The zero-order valence-corrected chi connectivity index (χ0v) is 21.0. The van der Waals surface area contributed by atoms with Gasteiger partial charge < -0.3 is 22.4 Å². The zero-order chi connectivity index (χ0) is 22.8. The standard InChI is InChI=1S/C23H25N2.C5H12O.ClH/c1-24(2)21-14-10-19(11-15-21)23(18-8-6-5-7-9-18)20-12-16-22(17-13-20)25(3)4;1-5(2)3-4-6;/h5-17H,1-4H3;5-6H,3-4H2,1-2H3;1H/q+1;;/p-1. The number of hydrogen-bond acceptors (Lipinski definition) is 2. The molecule has 32 heavy (non-hydrogen) atoms. The molecule has 0 fully saturated rings. The van der Waals surface area contributed by atoms with Gasteiger partial charge in [-0.15, -0.1) is 0 Å². The second-order valence-electron chi connectivity index (χ2n) is 8.53. The highest BCUT2D eigenvalue weighted by Crippen LogP contribution is 2.30. The van der Waals surface area contributed by atoms with E-state index >= 15 is 0 Å². The lowest BCUT2D eigenvalue weighted by Gasteiger charge is -2.16. The van der Waals surface area contributed by atoms with E-state index in [2.05, 4.69) is 130 Å². The predicted octanol–water partition coefficient (Wildman–Crippen LogP) is 2.42. The average Bonchev–Trinajstić information content (AvgIpc) is 2.76. The maximum Gasteiger partial charge on any atom is 0.199 e. The summed E-state index contributed by atoms with van der Waals surface area (Å²) in [5.74, 6) is 0.648. The van der Waals surface area contributed by atoms with Crippen molar-refractivity contribution in [3.63, 3.8) is 0 Å². The van der Waals surface area contributed by atoms with E-state index in [-0.39, 0.29) is 12.4 Å². The molecule has 3 rings (SSSR count). The lowest BCUT2D eigenvalue weighted by molar-refractivity contribution is -0.462. The third kappa shape index (κ3) is 8.14. The Kier molecular flexibility index (Phi) is 11.8. The molecule has 0 amide bonds. The smallest absolute Gasteiger partial charge is 0.199 e. The quantitative estimate of drug-likeness (QED) is 0.705. The van der Waals surface area contributed by atoms with Gasteiger partial charge >= 0.3 is 0 Å². The van der Waals surface area contributed by atoms with Crippen LogP contribution in [-0.2, 0) is 0 Å². The van der Waals surface area contributed by atoms with Gasteiger partial charge in [-0.25, -0.2) is 4.58 Å². The summed E-state index contributed by atoms with van der Waals surface area (Å²) < 4.78 is 2.12. The maximum atomic E-state index is 8.24. The fourth-order valence-corrected chi connectivity index (χ4v) is 3.22. The van der Waals surface area contributed by atoms with Crippen molar-refractivity contribution in [1.29, 1.82) is 0 Å². The van der Waals surface area contributed by atoms with Crippen molar-refractivity contribution in [2.24, 2.45) is 5.92 Å². The third-order valence-electron chi connectivity index (χ3n) is 5.11. The van der Waals surface area contributed by atoms with E-state index in [1.165, 1.54) is 33.7 Å². The number of rotatable bonds is 5. The lowest BCUT2D eigenvalue weighted by Crippen LogP contribution is -3.00. The number of aliphatic hydroxyl groups excluding tert-OH is 1. The van der Waals surface area contributed by atoms with Crippen LogP contribution in [0.1, 0.15) is 31.4 Å². The first-order valence-corrected chi connectivity index (χ1v) is 10.9. The third-order valence-corrected chi connectivity index (χ3v) is 5.11. The van der Waals surface area contributed by atoms with Crippen molar-refractivity contribution in [2.45, 2.75) is 20.3 Å². The Morgan fingerprint density at radius 3 is 1.78 bits per heavy atom. The van der Waals surface area contributed by atoms with Gasteiger partial charge in [-0.1, -0.05) is 56.3 Å². The minimum absolute atomic E-state index is 0. The van der Waals surface area contributed by atoms with Crippen LogP contribution in [0.5, 0.6) is 0 Å². The number of anilines is 1. The highest BCUT2D eigenvalue weighted by Gasteiger charge is 2.13. The summed E-state index contributed by atoms with van der Waals surface area (Å²) in [4.78, 5) is 2.12. The normalized spacial score (nSPS) is 12.1. The van der Waals surface area contributed by atoms with Crippen molar-refractivity contribution >= 4 is 17.0 Å². The number of hydrogen-bond donors (Lipinski definition) is 1. The highest BCUT2D eigenvalue weighted by atomic mass is 35.5. The Bertz CT molecular complexity index is 931. The summed E-state index contributed by atoms with van der Waals surface area (Å²) in [7, 11) is 8.27. The Labute approximate surface area is 200 Å². The second-order valence-corrected chi connectivity index (χ2v) is 8.53. The van der Waals surface area contributed by atoms with Crippen LogP contribution in [0, 0.1) is 5.92 Å². The largest absolute Gasteiger partial charge is 1.00 e. The van der Waals surface area contributed by atoms with Crippen LogP contribution in [0.2, 0.25) is 0 Å². The molecule has 0 radical (unpaired) electrons. The number of benzene rings is 2. The summed E-state index contributed by atoms with van der Waals surface area (Å²) in [5.41, 5.74) is 7.37. The number of allylic oxidation sites excluding steroid dienone is 5. The van der Waals surface area contributed by atoms with E-state index in [4.69, 9.17) is 5.11 Å². The first kappa shape index (κ1) is 27.4. The minimum Gasteiger partial charge on any atom is -1.00 e. The molecule has 1 N–H and O–H groups in total. The molecule has 0 saturated carbocycles. The molecule has 0 bridgehead atoms. The van der Waals surface area contributed by atoms with Crippen LogP contribution >= 0.6 is 0 Å². The lowest BCUT2D eigenvalue weighted by atomic mass is 9.90. The van der Waals surface area contributed by atoms with Crippen LogP contribution in [0.25, 0.3) is 5.57 Å². The van der Waals surface area contributed by atoms with Crippen molar-refractivity contribution in [3.8, 4) is 0 Å². The van der Waals surface area contributed by atoms with Gasteiger partial charge in [0.05, 0.1) is 0 Å². The summed E-state index contributed by atoms with van der Waals surface area (Å²) in [6, 6.07) is 19.4. The molecule has 3 nitrogen and oxygen atoms in total. The van der Waals surface area contributed by atoms with Crippen molar-refractivity contribution in [2.75, 3.05) is 39.7 Å². The number of aliphatic hydroxyl groups is 1. The molecule has 172 valence electrons. The molecule has 0 atom stereocenters. The number of halogens is 1. The summed E-state index contributed by atoms with van der Waals surface area (Å²) in [6.07, 6.45) is 9.69. The van der Waals surface area contributed by atoms with Gasteiger partial charge in [0.2, 0.25) is 0 Å². The molecule has 0 aromatic heterocycles. The molecule has 2 aromatic rings. The van der Waals surface area contributed by atoms with Gasteiger partial charge in [-0.05, 0) is 58.9 Å². The minimum atomic E-state index is 0. The van der Waals surface area contributed by atoms with Crippen LogP contribution < -0.4 is 17.3 Å². The van der Waals surface area contributed by atoms with E-state index in [0.29, 0.717) is 12.5 Å². The molecule has 1 aliphatic rings. The first-order chi connectivity index (χ1) is 14.8. The topological polar surface area (TPSA) is 26.5 Å². The monoisotopic (exact) mass is 452 g/mol. The molecule has 0 spiro atoms. The fourth-order valence-electron chi connectivity index (χ4n) is 3.22. The Morgan fingerprint density at radius 1 is 0.844 bits per heavy atom. The maximum absolute atomic E-state index is 8.24. The molecule has 2 aromatic carbocycles. The van der Waals surface area contributed by atoms with Gasteiger partial charge in [-0.3, -0.25) is 0 Å².